The van der Waals surface area contributed by atoms with E-state index in [9.17, 15) is 9.59 Å². The van der Waals surface area contributed by atoms with Crippen LogP contribution in [0.15, 0.2) is 0 Å². The molecule has 0 aromatic carbocycles. The lowest BCUT2D eigenvalue weighted by atomic mass is 10.1. The summed E-state index contributed by atoms with van der Waals surface area (Å²) in [4.78, 5) is 32.2. The van der Waals surface area contributed by atoms with E-state index in [0.29, 0.717) is 11.0 Å². The highest BCUT2D eigenvalue weighted by molar-refractivity contribution is 7.15. The normalized spacial score (nSPS) is 18.2. The van der Waals surface area contributed by atoms with Crippen molar-refractivity contribution in [2.75, 3.05) is 18.4 Å². The van der Waals surface area contributed by atoms with E-state index in [-0.39, 0.29) is 24.3 Å². The van der Waals surface area contributed by atoms with Crippen LogP contribution in [0.5, 0.6) is 0 Å². The van der Waals surface area contributed by atoms with Crippen LogP contribution in [0.3, 0.4) is 0 Å². The fraction of sp³-hybridized carbons (Fsp3) is 0.706. The molecular formula is C17H25N3O2S. The molecule has 2 amide bonds. The maximum absolute atomic E-state index is 12.7. The van der Waals surface area contributed by atoms with Crippen molar-refractivity contribution in [3.63, 3.8) is 0 Å². The topological polar surface area (TPSA) is 62.3 Å². The van der Waals surface area contributed by atoms with Gasteiger partial charge in [0.05, 0.1) is 12.2 Å². The zero-order chi connectivity index (χ0) is 16.4. The van der Waals surface area contributed by atoms with Gasteiger partial charge in [-0.2, -0.15) is 0 Å². The van der Waals surface area contributed by atoms with Crippen LogP contribution in [-0.4, -0.2) is 34.8 Å². The molecule has 1 heterocycles. The van der Waals surface area contributed by atoms with E-state index in [1.807, 2.05) is 13.8 Å². The minimum atomic E-state index is -0.134. The van der Waals surface area contributed by atoms with Crippen LogP contribution in [0.2, 0.25) is 0 Å². The summed E-state index contributed by atoms with van der Waals surface area (Å²) in [5.74, 6) is 0.769. The minimum absolute atomic E-state index is 0.130. The second kappa shape index (κ2) is 6.99. The molecule has 1 N–H and O–H groups in total. The minimum Gasteiger partial charge on any atom is -0.333 e. The number of carbonyl (C=O) groups excluding carboxylic acids is 2. The lowest BCUT2D eigenvalue weighted by Crippen LogP contribution is -2.42. The molecule has 6 heteroatoms. The van der Waals surface area contributed by atoms with Crippen LogP contribution in [-0.2, 0) is 9.59 Å². The number of hydrogen-bond donors (Lipinski definition) is 1. The van der Waals surface area contributed by atoms with Crippen LogP contribution in [0.1, 0.15) is 49.1 Å². The molecule has 0 aliphatic heterocycles. The SMILES string of the molecule is Cc1nc(NC(=O)CN(CC2CC2)C(=O)C2CCCC2)sc1C. The largest absolute Gasteiger partial charge is 0.333 e. The molecule has 1 aromatic rings. The molecule has 0 saturated heterocycles. The van der Waals surface area contributed by atoms with E-state index in [2.05, 4.69) is 10.3 Å². The lowest BCUT2D eigenvalue weighted by Gasteiger charge is -2.25. The first-order valence-electron chi connectivity index (χ1n) is 8.55. The summed E-state index contributed by atoms with van der Waals surface area (Å²) in [5.41, 5.74) is 0.946. The lowest BCUT2D eigenvalue weighted by molar-refractivity contribution is -0.138. The van der Waals surface area contributed by atoms with Crippen molar-refractivity contribution in [2.24, 2.45) is 11.8 Å². The molecule has 0 radical (unpaired) electrons. The third-order valence-electron chi connectivity index (χ3n) is 4.80. The molecule has 0 atom stereocenters. The summed E-state index contributed by atoms with van der Waals surface area (Å²) in [7, 11) is 0. The van der Waals surface area contributed by atoms with Crippen LogP contribution >= 0.6 is 11.3 Å². The fourth-order valence-corrected chi connectivity index (χ4v) is 3.96. The van der Waals surface area contributed by atoms with Gasteiger partial charge in [0.25, 0.3) is 0 Å². The number of aromatic nitrogens is 1. The Morgan fingerprint density at radius 3 is 2.48 bits per heavy atom. The number of rotatable bonds is 6. The Morgan fingerprint density at radius 1 is 1.22 bits per heavy atom. The molecule has 2 aliphatic rings. The first-order chi connectivity index (χ1) is 11.0. The van der Waals surface area contributed by atoms with Crippen molar-refractivity contribution in [3.8, 4) is 0 Å². The smallest absolute Gasteiger partial charge is 0.245 e. The van der Waals surface area contributed by atoms with Gasteiger partial charge in [-0.25, -0.2) is 4.98 Å². The summed E-state index contributed by atoms with van der Waals surface area (Å²) in [6, 6.07) is 0. The second-order valence-corrected chi connectivity index (χ2v) is 8.06. The Kier molecular flexibility index (Phi) is 4.99. The van der Waals surface area contributed by atoms with Crippen molar-refractivity contribution in [2.45, 2.75) is 52.4 Å². The van der Waals surface area contributed by atoms with E-state index in [4.69, 9.17) is 0 Å². The summed E-state index contributed by atoms with van der Waals surface area (Å²) in [5, 5.41) is 3.48. The van der Waals surface area contributed by atoms with Gasteiger partial charge in [0.1, 0.15) is 0 Å². The monoisotopic (exact) mass is 335 g/mol. The van der Waals surface area contributed by atoms with Gasteiger partial charge in [0.2, 0.25) is 11.8 Å². The maximum Gasteiger partial charge on any atom is 0.245 e. The van der Waals surface area contributed by atoms with Gasteiger partial charge in [-0.15, -0.1) is 11.3 Å². The molecule has 5 nitrogen and oxygen atoms in total. The Hall–Kier alpha value is -1.43. The number of nitrogens with one attached hydrogen (secondary N) is 1. The number of amides is 2. The quantitative estimate of drug-likeness (QED) is 0.869. The summed E-state index contributed by atoms with van der Waals surface area (Å²) >= 11 is 1.48. The average Bonchev–Trinajstić information content (AvgIpc) is 3.04. The van der Waals surface area contributed by atoms with Gasteiger partial charge in [-0.1, -0.05) is 12.8 Å². The third kappa shape index (κ3) is 4.31. The molecule has 2 aliphatic carbocycles. The van der Waals surface area contributed by atoms with E-state index in [1.54, 1.807) is 4.90 Å². The molecule has 3 rings (SSSR count). The maximum atomic E-state index is 12.7. The molecule has 2 fully saturated rings. The first kappa shape index (κ1) is 16.4. The highest BCUT2D eigenvalue weighted by Crippen LogP contribution is 2.32. The fourth-order valence-electron chi connectivity index (χ4n) is 3.13. The number of hydrogen-bond acceptors (Lipinski definition) is 4. The number of anilines is 1. The van der Waals surface area contributed by atoms with Crippen molar-refractivity contribution in [1.29, 1.82) is 0 Å². The highest BCUT2D eigenvalue weighted by atomic mass is 32.1. The van der Waals surface area contributed by atoms with Gasteiger partial charge in [0, 0.05) is 17.3 Å². The van der Waals surface area contributed by atoms with Crippen LogP contribution < -0.4 is 5.32 Å². The first-order valence-corrected chi connectivity index (χ1v) is 9.37. The van der Waals surface area contributed by atoms with Crippen molar-refractivity contribution < 1.29 is 9.59 Å². The number of carbonyl (C=O) groups is 2. The predicted molar refractivity (Wildman–Crippen MR) is 91.5 cm³/mol. The Bertz CT molecular complexity index is 569. The zero-order valence-corrected chi connectivity index (χ0v) is 14.7. The van der Waals surface area contributed by atoms with Crippen molar-refractivity contribution >= 4 is 28.3 Å². The molecule has 23 heavy (non-hydrogen) atoms. The molecule has 1 aromatic heterocycles. The standard InChI is InChI=1S/C17H25N3O2S/c1-11-12(2)23-17(18-11)19-15(21)10-20(9-13-7-8-13)16(22)14-5-3-4-6-14/h13-14H,3-10H2,1-2H3,(H,18,19,21). The van der Waals surface area contributed by atoms with Gasteiger partial charge < -0.3 is 10.2 Å². The summed E-state index contributed by atoms with van der Waals surface area (Å²) < 4.78 is 0. The molecular weight excluding hydrogens is 310 g/mol. The number of aryl methyl sites for hydroxylation is 2. The van der Waals surface area contributed by atoms with Gasteiger partial charge in [-0.05, 0) is 45.4 Å². The molecule has 2 saturated carbocycles. The Morgan fingerprint density at radius 2 is 1.91 bits per heavy atom. The third-order valence-corrected chi connectivity index (χ3v) is 5.79. The van der Waals surface area contributed by atoms with E-state index in [1.165, 1.54) is 24.2 Å². The Balaban J connectivity index is 1.60. The van der Waals surface area contributed by atoms with Crippen LogP contribution in [0.4, 0.5) is 5.13 Å². The van der Waals surface area contributed by atoms with E-state index < -0.39 is 0 Å². The van der Waals surface area contributed by atoms with Crippen molar-refractivity contribution in [3.05, 3.63) is 10.6 Å². The van der Waals surface area contributed by atoms with Crippen molar-refractivity contribution in [1.82, 2.24) is 9.88 Å². The van der Waals surface area contributed by atoms with Gasteiger partial charge >= 0.3 is 0 Å². The molecule has 0 spiro atoms. The average molecular weight is 335 g/mol. The zero-order valence-electron chi connectivity index (χ0n) is 13.9. The predicted octanol–water partition coefficient (Wildman–Crippen LogP) is 3.13. The highest BCUT2D eigenvalue weighted by Gasteiger charge is 2.32. The van der Waals surface area contributed by atoms with Crippen LogP contribution in [0.25, 0.3) is 0 Å². The van der Waals surface area contributed by atoms with Crippen LogP contribution in [0, 0.1) is 25.7 Å². The number of thiazole rings is 1. The van der Waals surface area contributed by atoms with Gasteiger partial charge in [0.15, 0.2) is 5.13 Å². The Labute approximate surface area is 141 Å². The molecule has 126 valence electrons. The molecule has 0 unspecified atom stereocenters. The molecule has 0 bridgehead atoms. The van der Waals surface area contributed by atoms with E-state index in [0.717, 1.165) is 42.8 Å². The van der Waals surface area contributed by atoms with Gasteiger partial charge in [-0.3, -0.25) is 9.59 Å². The summed E-state index contributed by atoms with van der Waals surface area (Å²) in [6.45, 7) is 4.82. The van der Waals surface area contributed by atoms with E-state index >= 15 is 0 Å². The second-order valence-electron chi connectivity index (χ2n) is 6.85. The number of nitrogens with zero attached hydrogens (tertiary/aromatic N) is 2. The summed E-state index contributed by atoms with van der Waals surface area (Å²) in [6.07, 6.45) is 6.59.